The fourth-order valence-electron chi connectivity index (χ4n) is 4.69. The van der Waals surface area contributed by atoms with Crippen LogP contribution in [0.3, 0.4) is 0 Å². The highest BCUT2D eigenvalue weighted by molar-refractivity contribution is 5.95. The number of rotatable bonds is 3. The molecule has 3 aliphatic heterocycles. The van der Waals surface area contributed by atoms with E-state index in [0.29, 0.717) is 25.3 Å². The molecule has 0 aliphatic carbocycles. The lowest BCUT2D eigenvalue weighted by atomic mass is 10.0. The number of piperidine rings is 1. The Morgan fingerprint density at radius 3 is 2.87 bits per heavy atom. The number of likely N-dealkylation sites (tertiary alicyclic amines) is 1. The molecule has 0 bridgehead atoms. The highest BCUT2D eigenvalue weighted by atomic mass is 16.2. The first-order valence-corrected chi connectivity index (χ1v) is 10.9. The summed E-state index contributed by atoms with van der Waals surface area (Å²) in [6.07, 6.45) is 6.21. The zero-order valence-corrected chi connectivity index (χ0v) is 17.0. The number of aromatic nitrogens is 3. The van der Waals surface area contributed by atoms with Gasteiger partial charge in [-0.15, -0.1) is 10.2 Å². The molecule has 1 atom stereocenters. The molecule has 4 amide bonds. The van der Waals surface area contributed by atoms with Crippen LogP contribution in [0, 0.1) is 0 Å². The summed E-state index contributed by atoms with van der Waals surface area (Å²) < 4.78 is 2.21. The molecule has 0 spiro atoms. The van der Waals surface area contributed by atoms with Crippen LogP contribution in [-0.2, 0) is 13.0 Å². The lowest BCUT2D eigenvalue weighted by Crippen LogP contribution is -2.42. The number of hydrogen-bond donors (Lipinski definition) is 2. The van der Waals surface area contributed by atoms with Gasteiger partial charge in [0.05, 0.1) is 6.04 Å². The molecule has 158 valence electrons. The highest BCUT2D eigenvalue weighted by Gasteiger charge is 2.33. The van der Waals surface area contributed by atoms with E-state index in [1.807, 2.05) is 29.2 Å². The van der Waals surface area contributed by atoms with E-state index in [-0.39, 0.29) is 18.1 Å². The van der Waals surface area contributed by atoms with Gasteiger partial charge < -0.3 is 20.1 Å². The van der Waals surface area contributed by atoms with E-state index >= 15 is 0 Å². The predicted molar refractivity (Wildman–Crippen MR) is 112 cm³/mol. The van der Waals surface area contributed by atoms with Gasteiger partial charge in [0.2, 0.25) is 0 Å². The van der Waals surface area contributed by atoms with Gasteiger partial charge in [0.25, 0.3) is 0 Å². The number of benzene rings is 1. The van der Waals surface area contributed by atoms with Gasteiger partial charge in [-0.3, -0.25) is 4.90 Å². The third-order valence-electron chi connectivity index (χ3n) is 6.22. The van der Waals surface area contributed by atoms with Gasteiger partial charge in [0.15, 0.2) is 5.82 Å². The van der Waals surface area contributed by atoms with Crippen LogP contribution in [0.15, 0.2) is 24.3 Å². The first-order chi connectivity index (χ1) is 14.7. The molecule has 2 N–H and O–H groups in total. The number of nitrogens with zero attached hydrogens (tertiary/aromatic N) is 5. The lowest BCUT2D eigenvalue weighted by molar-refractivity contribution is 0.156. The molecule has 0 radical (unpaired) electrons. The summed E-state index contributed by atoms with van der Waals surface area (Å²) >= 11 is 0. The molecule has 2 fully saturated rings. The largest absolute Gasteiger partial charge is 0.336 e. The van der Waals surface area contributed by atoms with Crippen LogP contribution >= 0.6 is 0 Å². The number of aryl methyl sites for hydroxylation is 1. The standard InChI is InChI=1S/C21H27N7O2/c29-20-22-10-13-26(20)16-7-5-6-15(14-16)23-21(30)27-11-3-1-8-17(27)19-25-24-18-9-2-4-12-28(18)19/h5-7,14,17H,1-4,8-13H2,(H,22,29)(H,23,30). The average molecular weight is 409 g/mol. The van der Waals surface area contributed by atoms with E-state index in [2.05, 4.69) is 25.4 Å². The van der Waals surface area contributed by atoms with Crippen molar-refractivity contribution in [1.82, 2.24) is 25.0 Å². The Kier molecular flexibility index (Phi) is 5.02. The Balaban J connectivity index is 1.35. The van der Waals surface area contributed by atoms with Gasteiger partial charge in [-0.25, -0.2) is 9.59 Å². The van der Waals surface area contributed by atoms with Crippen molar-refractivity contribution in [3.63, 3.8) is 0 Å². The summed E-state index contributed by atoms with van der Waals surface area (Å²) in [5.41, 5.74) is 1.47. The third kappa shape index (κ3) is 3.48. The minimum atomic E-state index is -0.129. The van der Waals surface area contributed by atoms with Crippen LogP contribution < -0.4 is 15.5 Å². The summed E-state index contributed by atoms with van der Waals surface area (Å²) in [5.74, 6) is 1.96. The third-order valence-corrected chi connectivity index (χ3v) is 6.22. The van der Waals surface area contributed by atoms with Crippen molar-refractivity contribution >= 4 is 23.4 Å². The van der Waals surface area contributed by atoms with E-state index in [4.69, 9.17) is 0 Å². The van der Waals surface area contributed by atoms with Gasteiger partial charge in [-0.1, -0.05) is 6.07 Å². The molecular formula is C21H27N7O2. The van der Waals surface area contributed by atoms with E-state index in [9.17, 15) is 9.59 Å². The summed E-state index contributed by atoms with van der Waals surface area (Å²) in [4.78, 5) is 28.7. The predicted octanol–water partition coefficient (Wildman–Crippen LogP) is 2.90. The van der Waals surface area contributed by atoms with Crippen LogP contribution in [0.4, 0.5) is 21.0 Å². The average Bonchev–Trinajstić information content (AvgIpc) is 3.40. The first kappa shape index (κ1) is 18.9. The maximum absolute atomic E-state index is 13.2. The Morgan fingerprint density at radius 1 is 1.10 bits per heavy atom. The van der Waals surface area contributed by atoms with Crippen molar-refractivity contribution < 1.29 is 9.59 Å². The molecule has 2 aromatic rings. The Morgan fingerprint density at radius 2 is 2.00 bits per heavy atom. The highest BCUT2D eigenvalue weighted by Crippen LogP contribution is 2.32. The van der Waals surface area contributed by atoms with Gasteiger partial charge in [-0.05, 0) is 50.3 Å². The van der Waals surface area contributed by atoms with Gasteiger partial charge in [-0.2, -0.15) is 0 Å². The summed E-state index contributed by atoms with van der Waals surface area (Å²) in [5, 5.41) is 14.7. The van der Waals surface area contributed by atoms with Gasteiger partial charge in [0.1, 0.15) is 5.82 Å². The quantitative estimate of drug-likeness (QED) is 0.815. The second-order valence-corrected chi connectivity index (χ2v) is 8.15. The minimum absolute atomic E-state index is 0.0503. The maximum atomic E-state index is 13.2. The summed E-state index contributed by atoms with van der Waals surface area (Å²) in [7, 11) is 0. The fourth-order valence-corrected chi connectivity index (χ4v) is 4.69. The van der Waals surface area contributed by atoms with Crippen molar-refractivity contribution in [1.29, 1.82) is 0 Å². The molecule has 9 heteroatoms. The molecule has 1 unspecified atom stereocenters. The van der Waals surface area contributed by atoms with Crippen molar-refractivity contribution in [2.75, 3.05) is 29.9 Å². The Bertz CT molecular complexity index is 957. The molecule has 3 aliphatic rings. The number of carbonyl (C=O) groups excluding carboxylic acids is 2. The first-order valence-electron chi connectivity index (χ1n) is 10.9. The van der Waals surface area contributed by atoms with Crippen molar-refractivity contribution in [3.8, 4) is 0 Å². The molecule has 4 heterocycles. The molecule has 30 heavy (non-hydrogen) atoms. The van der Waals surface area contributed by atoms with E-state index in [0.717, 1.165) is 62.4 Å². The molecular weight excluding hydrogens is 382 g/mol. The second kappa shape index (κ2) is 7.97. The van der Waals surface area contributed by atoms with Crippen molar-refractivity contribution in [2.45, 2.75) is 51.1 Å². The minimum Gasteiger partial charge on any atom is -0.336 e. The number of hydrogen-bond acceptors (Lipinski definition) is 4. The molecule has 1 aromatic heterocycles. The summed E-state index contributed by atoms with van der Waals surface area (Å²) in [6.45, 7) is 2.90. The van der Waals surface area contributed by atoms with Gasteiger partial charge >= 0.3 is 12.1 Å². The summed E-state index contributed by atoms with van der Waals surface area (Å²) in [6, 6.07) is 7.16. The van der Waals surface area contributed by atoms with Crippen LogP contribution in [0.2, 0.25) is 0 Å². The van der Waals surface area contributed by atoms with Crippen LogP contribution in [0.1, 0.15) is 49.8 Å². The van der Waals surface area contributed by atoms with Crippen LogP contribution in [0.25, 0.3) is 0 Å². The maximum Gasteiger partial charge on any atom is 0.322 e. The Labute approximate surface area is 175 Å². The number of anilines is 2. The molecule has 5 rings (SSSR count). The van der Waals surface area contributed by atoms with Crippen LogP contribution in [-0.4, -0.2) is 51.4 Å². The van der Waals surface area contributed by atoms with Crippen LogP contribution in [0.5, 0.6) is 0 Å². The smallest absolute Gasteiger partial charge is 0.322 e. The topological polar surface area (TPSA) is 95.4 Å². The lowest BCUT2D eigenvalue weighted by Gasteiger charge is -2.35. The SMILES string of the molecule is O=C1NCCN1c1cccc(NC(=O)N2CCCCC2c2nnc3n2CCCC3)c1. The Hall–Kier alpha value is -3.10. The molecule has 9 nitrogen and oxygen atoms in total. The number of carbonyl (C=O) groups is 2. The molecule has 2 saturated heterocycles. The zero-order chi connectivity index (χ0) is 20.5. The monoisotopic (exact) mass is 409 g/mol. The van der Waals surface area contributed by atoms with E-state index < -0.39 is 0 Å². The second-order valence-electron chi connectivity index (χ2n) is 8.15. The van der Waals surface area contributed by atoms with Crippen molar-refractivity contribution in [3.05, 3.63) is 35.9 Å². The van der Waals surface area contributed by atoms with E-state index in [1.54, 1.807) is 4.90 Å². The molecule has 0 saturated carbocycles. The number of fused-ring (bicyclic) bond motifs is 1. The number of amides is 4. The van der Waals surface area contributed by atoms with Crippen molar-refractivity contribution in [2.24, 2.45) is 0 Å². The molecule has 1 aromatic carbocycles. The zero-order valence-electron chi connectivity index (χ0n) is 17.0. The number of nitrogens with one attached hydrogen (secondary N) is 2. The normalized spacial score (nSPS) is 21.3. The van der Waals surface area contributed by atoms with E-state index in [1.165, 1.54) is 0 Å². The van der Waals surface area contributed by atoms with Gasteiger partial charge in [0, 0.05) is 44.0 Å². The number of urea groups is 2. The fraction of sp³-hybridized carbons (Fsp3) is 0.524.